The molecule has 0 bridgehead atoms. The molecule has 78 valence electrons. The van der Waals surface area contributed by atoms with Crippen molar-refractivity contribution in [3.63, 3.8) is 0 Å². The van der Waals surface area contributed by atoms with Crippen molar-refractivity contribution in [1.29, 1.82) is 0 Å². The van der Waals surface area contributed by atoms with Crippen molar-refractivity contribution in [2.24, 2.45) is 12.8 Å². The molecular formula is C11H13N3O. The Morgan fingerprint density at radius 2 is 2.20 bits per heavy atom. The van der Waals surface area contributed by atoms with Gasteiger partial charge in [-0.25, -0.2) is 0 Å². The molecule has 1 aromatic heterocycles. The summed E-state index contributed by atoms with van der Waals surface area (Å²) < 4.78 is 2.01. The summed E-state index contributed by atoms with van der Waals surface area (Å²) in [5.41, 5.74) is 7.15. The van der Waals surface area contributed by atoms with Crippen LogP contribution in [0.25, 0.3) is 10.9 Å². The van der Waals surface area contributed by atoms with Crippen LogP contribution in [0.2, 0.25) is 0 Å². The third-order valence-corrected chi connectivity index (χ3v) is 2.35. The van der Waals surface area contributed by atoms with Gasteiger partial charge in [-0.1, -0.05) is 18.2 Å². The van der Waals surface area contributed by atoms with Crippen LogP contribution < -0.4 is 11.1 Å². The van der Waals surface area contributed by atoms with E-state index in [9.17, 15) is 4.79 Å². The first kappa shape index (κ1) is 9.58. The second-order valence-corrected chi connectivity index (χ2v) is 3.49. The second-order valence-electron chi connectivity index (χ2n) is 3.49. The molecule has 0 aliphatic heterocycles. The molecule has 0 saturated heterocycles. The summed E-state index contributed by atoms with van der Waals surface area (Å²) in [6.45, 7) is 0.161. The molecule has 1 amide bonds. The SMILES string of the molecule is Cn1cc(NCC(N)=O)c2ccccc21. The highest BCUT2D eigenvalue weighted by Crippen LogP contribution is 2.24. The number of carbonyl (C=O) groups excluding carboxylic acids is 1. The average molecular weight is 203 g/mol. The minimum Gasteiger partial charge on any atom is -0.374 e. The lowest BCUT2D eigenvalue weighted by Crippen LogP contribution is -2.21. The van der Waals surface area contributed by atoms with Gasteiger partial charge in [-0.05, 0) is 6.07 Å². The molecule has 0 atom stereocenters. The van der Waals surface area contributed by atoms with E-state index in [4.69, 9.17) is 5.73 Å². The molecule has 3 N–H and O–H groups in total. The van der Waals surface area contributed by atoms with E-state index in [0.29, 0.717) is 0 Å². The van der Waals surface area contributed by atoms with Crippen LogP contribution in [0.3, 0.4) is 0 Å². The Morgan fingerprint density at radius 1 is 1.47 bits per heavy atom. The largest absolute Gasteiger partial charge is 0.374 e. The smallest absolute Gasteiger partial charge is 0.236 e. The number of rotatable bonds is 3. The number of nitrogens with two attached hydrogens (primary N) is 1. The van der Waals surface area contributed by atoms with Gasteiger partial charge in [-0.15, -0.1) is 0 Å². The standard InChI is InChI=1S/C11H13N3O/c1-14-7-9(13-6-11(12)15)8-4-2-3-5-10(8)14/h2-5,7,13H,6H2,1H3,(H2,12,15). The molecule has 4 heteroatoms. The number of aryl methyl sites for hydroxylation is 1. The van der Waals surface area contributed by atoms with Gasteiger partial charge in [0.15, 0.2) is 0 Å². The monoisotopic (exact) mass is 203 g/mol. The molecule has 0 saturated carbocycles. The maximum Gasteiger partial charge on any atom is 0.236 e. The van der Waals surface area contributed by atoms with E-state index in [-0.39, 0.29) is 12.5 Å². The number of para-hydroxylation sites is 1. The fraction of sp³-hybridized carbons (Fsp3) is 0.182. The minimum atomic E-state index is -0.358. The number of carbonyl (C=O) groups is 1. The van der Waals surface area contributed by atoms with E-state index in [2.05, 4.69) is 5.32 Å². The zero-order valence-electron chi connectivity index (χ0n) is 8.53. The molecule has 0 unspecified atom stereocenters. The van der Waals surface area contributed by atoms with Crippen molar-refractivity contribution in [3.8, 4) is 0 Å². The van der Waals surface area contributed by atoms with E-state index in [1.54, 1.807) is 0 Å². The number of hydrogen-bond donors (Lipinski definition) is 2. The summed E-state index contributed by atoms with van der Waals surface area (Å²) in [6, 6.07) is 8.00. The Labute approximate surface area is 87.7 Å². The third kappa shape index (κ3) is 1.79. The number of benzene rings is 1. The van der Waals surface area contributed by atoms with Crippen molar-refractivity contribution < 1.29 is 4.79 Å². The molecule has 0 fully saturated rings. The topological polar surface area (TPSA) is 60.1 Å². The fourth-order valence-corrected chi connectivity index (χ4v) is 1.66. The summed E-state index contributed by atoms with van der Waals surface area (Å²) in [4.78, 5) is 10.7. The lowest BCUT2D eigenvalue weighted by atomic mass is 10.2. The van der Waals surface area contributed by atoms with Crippen molar-refractivity contribution in [2.75, 3.05) is 11.9 Å². The maximum absolute atomic E-state index is 10.7. The van der Waals surface area contributed by atoms with Crippen LogP contribution in [0, 0.1) is 0 Å². The number of aromatic nitrogens is 1. The highest BCUT2D eigenvalue weighted by atomic mass is 16.1. The zero-order valence-corrected chi connectivity index (χ0v) is 8.53. The van der Waals surface area contributed by atoms with Gasteiger partial charge in [-0.3, -0.25) is 4.79 Å². The summed E-state index contributed by atoms with van der Waals surface area (Å²) in [5, 5.41) is 4.11. The first-order valence-electron chi connectivity index (χ1n) is 4.74. The predicted molar refractivity (Wildman–Crippen MR) is 60.6 cm³/mol. The van der Waals surface area contributed by atoms with Gasteiger partial charge in [0.2, 0.25) is 5.91 Å². The molecule has 0 radical (unpaired) electrons. The number of nitrogens with one attached hydrogen (secondary N) is 1. The van der Waals surface area contributed by atoms with E-state index in [1.807, 2.05) is 42.1 Å². The number of nitrogens with zero attached hydrogens (tertiary/aromatic N) is 1. The maximum atomic E-state index is 10.7. The van der Waals surface area contributed by atoms with Crippen LogP contribution >= 0.6 is 0 Å². The Kier molecular flexibility index (Phi) is 2.33. The van der Waals surface area contributed by atoms with Gasteiger partial charge in [0.1, 0.15) is 0 Å². The Balaban J connectivity index is 2.39. The van der Waals surface area contributed by atoms with Crippen molar-refractivity contribution >= 4 is 22.5 Å². The van der Waals surface area contributed by atoms with E-state index >= 15 is 0 Å². The van der Waals surface area contributed by atoms with Gasteiger partial charge < -0.3 is 15.6 Å². The predicted octanol–water partition coefficient (Wildman–Crippen LogP) is 1.08. The van der Waals surface area contributed by atoms with Gasteiger partial charge >= 0.3 is 0 Å². The van der Waals surface area contributed by atoms with Crippen LogP contribution in [-0.2, 0) is 11.8 Å². The van der Waals surface area contributed by atoms with Gasteiger partial charge in [-0.2, -0.15) is 0 Å². The number of hydrogen-bond acceptors (Lipinski definition) is 2. The van der Waals surface area contributed by atoms with E-state index in [0.717, 1.165) is 16.6 Å². The van der Waals surface area contributed by atoms with E-state index in [1.165, 1.54) is 0 Å². The highest BCUT2D eigenvalue weighted by molar-refractivity contribution is 5.94. The molecule has 1 heterocycles. The zero-order chi connectivity index (χ0) is 10.8. The van der Waals surface area contributed by atoms with Crippen LogP contribution in [0.4, 0.5) is 5.69 Å². The number of primary amides is 1. The first-order valence-corrected chi connectivity index (χ1v) is 4.74. The minimum absolute atomic E-state index is 0.161. The van der Waals surface area contributed by atoms with Crippen molar-refractivity contribution in [2.45, 2.75) is 0 Å². The highest BCUT2D eigenvalue weighted by Gasteiger charge is 2.05. The fourth-order valence-electron chi connectivity index (χ4n) is 1.66. The van der Waals surface area contributed by atoms with Gasteiger partial charge in [0.05, 0.1) is 12.2 Å². The Morgan fingerprint density at radius 3 is 2.93 bits per heavy atom. The Hall–Kier alpha value is -1.97. The third-order valence-electron chi connectivity index (χ3n) is 2.35. The lowest BCUT2D eigenvalue weighted by Gasteiger charge is -2.00. The van der Waals surface area contributed by atoms with Crippen molar-refractivity contribution in [1.82, 2.24) is 4.57 Å². The Bertz CT molecular complexity index is 502. The number of anilines is 1. The molecular weight excluding hydrogens is 190 g/mol. The second kappa shape index (κ2) is 3.65. The van der Waals surface area contributed by atoms with Gasteiger partial charge in [0, 0.05) is 24.1 Å². The first-order chi connectivity index (χ1) is 7.18. The van der Waals surface area contributed by atoms with E-state index < -0.39 is 0 Å². The summed E-state index contributed by atoms with van der Waals surface area (Å²) in [5.74, 6) is -0.358. The van der Waals surface area contributed by atoms with Crippen LogP contribution in [0.5, 0.6) is 0 Å². The molecule has 2 aromatic rings. The van der Waals surface area contributed by atoms with Crippen LogP contribution in [-0.4, -0.2) is 17.0 Å². The van der Waals surface area contributed by atoms with Crippen LogP contribution in [0.15, 0.2) is 30.5 Å². The van der Waals surface area contributed by atoms with Crippen molar-refractivity contribution in [3.05, 3.63) is 30.5 Å². The normalized spacial score (nSPS) is 10.5. The molecule has 15 heavy (non-hydrogen) atoms. The average Bonchev–Trinajstić information content (AvgIpc) is 2.54. The lowest BCUT2D eigenvalue weighted by molar-refractivity contribution is -0.116. The van der Waals surface area contributed by atoms with Crippen LogP contribution in [0.1, 0.15) is 0 Å². The molecule has 0 aliphatic carbocycles. The molecule has 0 aliphatic rings. The number of amides is 1. The molecule has 1 aromatic carbocycles. The van der Waals surface area contributed by atoms with Gasteiger partial charge in [0.25, 0.3) is 0 Å². The molecule has 2 rings (SSSR count). The quantitative estimate of drug-likeness (QED) is 0.784. The summed E-state index contributed by atoms with van der Waals surface area (Å²) in [7, 11) is 1.97. The summed E-state index contributed by atoms with van der Waals surface area (Å²) in [6.07, 6.45) is 1.95. The number of fused-ring (bicyclic) bond motifs is 1. The summed E-state index contributed by atoms with van der Waals surface area (Å²) >= 11 is 0. The molecule has 4 nitrogen and oxygen atoms in total. The molecule has 0 spiro atoms.